The molecule has 2 fully saturated rings. The van der Waals surface area contributed by atoms with Gasteiger partial charge in [0.2, 0.25) is 0 Å². The van der Waals surface area contributed by atoms with Gasteiger partial charge >= 0.3 is 0 Å². The fourth-order valence-electron chi connectivity index (χ4n) is 3.90. The van der Waals surface area contributed by atoms with E-state index in [1.165, 1.54) is 31.2 Å². The second kappa shape index (κ2) is 5.11. The Bertz CT molecular complexity index is 346. The van der Waals surface area contributed by atoms with Crippen LogP contribution in [0.2, 0.25) is 0 Å². The molecule has 94 valence electrons. The van der Waals surface area contributed by atoms with E-state index in [1.54, 1.807) is 11.3 Å². The molecule has 1 aromatic rings. The summed E-state index contributed by atoms with van der Waals surface area (Å²) in [6, 6.07) is 2.18. The normalized spacial score (nSPS) is 33.1. The van der Waals surface area contributed by atoms with Crippen molar-refractivity contribution >= 4 is 11.3 Å². The van der Waals surface area contributed by atoms with Crippen LogP contribution in [0.5, 0.6) is 0 Å². The maximum absolute atomic E-state index is 10.1. The summed E-state index contributed by atoms with van der Waals surface area (Å²) >= 11 is 1.75. The Kier molecular flexibility index (Phi) is 3.53. The van der Waals surface area contributed by atoms with Crippen LogP contribution in [-0.4, -0.2) is 11.2 Å². The van der Waals surface area contributed by atoms with Crippen molar-refractivity contribution in [1.82, 2.24) is 0 Å². The molecule has 2 heteroatoms. The molecule has 0 radical (unpaired) electrons. The number of rotatable bonds is 5. The van der Waals surface area contributed by atoms with E-state index < -0.39 is 0 Å². The summed E-state index contributed by atoms with van der Waals surface area (Å²) in [5.74, 6) is 2.80. The predicted molar refractivity (Wildman–Crippen MR) is 72.2 cm³/mol. The molecule has 4 unspecified atom stereocenters. The zero-order valence-electron chi connectivity index (χ0n) is 10.3. The van der Waals surface area contributed by atoms with Crippen molar-refractivity contribution in [3.05, 3.63) is 22.4 Å². The summed E-state index contributed by atoms with van der Waals surface area (Å²) < 4.78 is 0. The van der Waals surface area contributed by atoms with Gasteiger partial charge in [0.25, 0.3) is 0 Å². The lowest BCUT2D eigenvalue weighted by Crippen LogP contribution is -2.19. The molecule has 1 N–H and O–H groups in total. The summed E-state index contributed by atoms with van der Waals surface area (Å²) in [4.78, 5) is 0. The van der Waals surface area contributed by atoms with E-state index in [1.807, 2.05) is 0 Å². The Labute approximate surface area is 108 Å². The lowest BCUT2D eigenvalue weighted by atomic mass is 9.84. The molecule has 1 aromatic heterocycles. The molecule has 2 bridgehead atoms. The first-order valence-corrected chi connectivity index (χ1v) is 7.94. The van der Waals surface area contributed by atoms with E-state index in [0.717, 1.165) is 37.0 Å². The molecule has 17 heavy (non-hydrogen) atoms. The maximum Gasteiger partial charge on any atom is 0.0546 e. The second-order valence-electron chi connectivity index (χ2n) is 5.99. The highest BCUT2D eigenvalue weighted by Gasteiger charge is 2.39. The summed E-state index contributed by atoms with van der Waals surface area (Å²) in [6.07, 6.45) is 8.75. The van der Waals surface area contributed by atoms with Crippen LogP contribution in [0.3, 0.4) is 0 Å². The quantitative estimate of drug-likeness (QED) is 0.841. The molecule has 0 spiro atoms. The molecule has 2 saturated carbocycles. The van der Waals surface area contributed by atoms with E-state index in [-0.39, 0.29) is 6.10 Å². The fraction of sp³-hybridized carbons (Fsp3) is 0.733. The van der Waals surface area contributed by atoms with Crippen molar-refractivity contribution in [3.63, 3.8) is 0 Å². The van der Waals surface area contributed by atoms with Gasteiger partial charge in [-0.3, -0.25) is 0 Å². The van der Waals surface area contributed by atoms with Gasteiger partial charge in [-0.1, -0.05) is 6.42 Å². The van der Waals surface area contributed by atoms with Crippen molar-refractivity contribution in [1.29, 1.82) is 0 Å². The first-order chi connectivity index (χ1) is 8.31. The number of aliphatic hydroxyl groups excluding tert-OH is 1. The average molecular weight is 250 g/mol. The molecule has 0 aromatic carbocycles. The van der Waals surface area contributed by atoms with E-state index in [2.05, 4.69) is 16.8 Å². The topological polar surface area (TPSA) is 20.2 Å². The van der Waals surface area contributed by atoms with Gasteiger partial charge in [0.15, 0.2) is 0 Å². The molecule has 4 atom stereocenters. The molecule has 0 aliphatic heterocycles. The Balaban J connectivity index is 1.43. The van der Waals surface area contributed by atoms with Crippen molar-refractivity contribution in [3.8, 4) is 0 Å². The van der Waals surface area contributed by atoms with Gasteiger partial charge in [-0.05, 0) is 78.7 Å². The molecular weight excluding hydrogens is 228 g/mol. The van der Waals surface area contributed by atoms with Gasteiger partial charge in [0.05, 0.1) is 6.10 Å². The highest BCUT2D eigenvalue weighted by molar-refractivity contribution is 7.07. The van der Waals surface area contributed by atoms with Crippen LogP contribution >= 0.6 is 11.3 Å². The fourth-order valence-corrected chi connectivity index (χ4v) is 4.60. The summed E-state index contributed by atoms with van der Waals surface area (Å²) in [6.45, 7) is 0. The van der Waals surface area contributed by atoms with Crippen LogP contribution in [0.4, 0.5) is 0 Å². The van der Waals surface area contributed by atoms with Gasteiger partial charge in [-0.15, -0.1) is 0 Å². The van der Waals surface area contributed by atoms with Crippen LogP contribution in [0, 0.1) is 17.8 Å². The number of hydrogen-bond acceptors (Lipinski definition) is 2. The third-order valence-corrected chi connectivity index (χ3v) is 5.54. The van der Waals surface area contributed by atoms with Gasteiger partial charge in [0, 0.05) is 0 Å². The van der Waals surface area contributed by atoms with Crippen molar-refractivity contribution in [2.45, 2.75) is 51.0 Å². The number of fused-ring (bicyclic) bond motifs is 2. The summed E-state index contributed by atoms with van der Waals surface area (Å²) in [5.41, 5.74) is 1.39. The van der Waals surface area contributed by atoms with Gasteiger partial charge in [-0.25, -0.2) is 0 Å². The monoisotopic (exact) mass is 250 g/mol. The lowest BCUT2D eigenvalue weighted by Gasteiger charge is -2.24. The number of aryl methyl sites for hydroxylation is 1. The Morgan fingerprint density at radius 3 is 2.94 bits per heavy atom. The third kappa shape index (κ3) is 2.74. The highest BCUT2D eigenvalue weighted by atomic mass is 32.1. The lowest BCUT2D eigenvalue weighted by molar-refractivity contribution is 0.117. The molecule has 1 nitrogen and oxygen atoms in total. The summed E-state index contributed by atoms with van der Waals surface area (Å²) in [5, 5.41) is 14.5. The van der Waals surface area contributed by atoms with E-state index in [4.69, 9.17) is 0 Å². The predicted octanol–water partition coefficient (Wildman–Crippen LogP) is 3.87. The van der Waals surface area contributed by atoms with Crippen molar-refractivity contribution in [2.75, 3.05) is 0 Å². The second-order valence-corrected chi connectivity index (χ2v) is 6.77. The largest absolute Gasteiger partial charge is 0.393 e. The third-order valence-electron chi connectivity index (χ3n) is 4.81. The van der Waals surface area contributed by atoms with E-state index >= 15 is 0 Å². The molecule has 0 amide bonds. The van der Waals surface area contributed by atoms with Crippen LogP contribution < -0.4 is 0 Å². The molecule has 3 rings (SSSR count). The van der Waals surface area contributed by atoms with Crippen molar-refractivity contribution < 1.29 is 5.11 Å². The van der Waals surface area contributed by atoms with Crippen LogP contribution in [-0.2, 0) is 6.42 Å². The minimum Gasteiger partial charge on any atom is -0.393 e. The Morgan fingerprint density at radius 2 is 2.29 bits per heavy atom. The van der Waals surface area contributed by atoms with Gasteiger partial charge in [0.1, 0.15) is 0 Å². The maximum atomic E-state index is 10.1. The molecular formula is C15H22OS. The SMILES string of the molecule is OC(CCc1ccsc1)CC1CC2CCC1C2. The van der Waals surface area contributed by atoms with Crippen LogP contribution in [0.25, 0.3) is 0 Å². The molecule has 2 aliphatic rings. The van der Waals surface area contributed by atoms with Crippen molar-refractivity contribution in [2.24, 2.45) is 17.8 Å². The zero-order chi connectivity index (χ0) is 11.7. The standard InChI is InChI=1S/C15H22OS/c16-15(4-2-11-5-6-17-10-11)9-14-8-12-1-3-13(14)7-12/h5-6,10,12-16H,1-4,7-9H2. The highest BCUT2D eigenvalue weighted by Crippen LogP contribution is 2.50. The molecule has 0 saturated heterocycles. The smallest absolute Gasteiger partial charge is 0.0546 e. The molecule has 2 aliphatic carbocycles. The van der Waals surface area contributed by atoms with E-state index in [9.17, 15) is 5.11 Å². The first kappa shape index (κ1) is 11.7. The minimum atomic E-state index is -0.0701. The van der Waals surface area contributed by atoms with Gasteiger partial charge < -0.3 is 5.11 Å². The Hall–Kier alpha value is -0.340. The average Bonchev–Trinajstić information content (AvgIpc) is 3.03. The summed E-state index contributed by atoms with van der Waals surface area (Å²) in [7, 11) is 0. The number of aliphatic hydroxyl groups is 1. The minimum absolute atomic E-state index is 0.0701. The van der Waals surface area contributed by atoms with Crippen LogP contribution in [0.15, 0.2) is 16.8 Å². The first-order valence-electron chi connectivity index (χ1n) is 7.00. The zero-order valence-corrected chi connectivity index (χ0v) is 11.2. The number of hydrogen-bond donors (Lipinski definition) is 1. The van der Waals surface area contributed by atoms with E-state index in [0.29, 0.717) is 0 Å². The Morgan fingerprint density at radius 1 is 1.35 bits per heavy atom. The molecule has 1 heterocycles. The van der Waals surface area contributed by atoms with Gasteiger partial charge in [-0.2, -0.15) is 11.3 Å². The van der Waals surface area contributed by atoms with Crippen LogP contribution in [0.1, 0.15) is 44.1 Å². The number of thiophene rings is 1.